The number of ether oxygens (including phenoxy) is 2. The van der Waals surface area contributed by atoms with Crippen LogP contribution < -0.4 is 10.6 Å². The minimum atomic E-state index is 0.209. The summed E-state index contributed by atoms with van der Waals surface area (Å²) in [7, 11) is 1.86. The summed E-state index contributed by atoms with van der Waals surface area (Å²) < 4.78 is 11.1. The molecule has 0 aromatic heterocycles. The number of nitrogens with one attached hydrogen (secondary N) is 2. The number of nitrogens with zero attached hydrogens (tertiary/aromatic N) is 3. The lowest BCUT2D eigenvalue weighted by Crippen LogP contribution is -2.60. The van der Waals surface area contributed by atoms with Crippen LogP contribution in [0.1, 0.15) is 17.5 Å². The van der Waals surface area contributed by atoms with Gasteiger partial charge in [-0.05, 0) is 23.3 Å². The summed E-state index contributed by atoms with van der Waals surface area (Å²) in [5.41, 5.74) is 2.92. The number of guanidine groups is 1. The van der Waals surface area contributed by atoms with Crippen LogP contribution in [0.25, 0.3) is 0 Å². The smallest absolute Gasteiger partial charge is 0.191 e. The molecule has 8 heteroatoms. The first kappa shape index (κ1) is 22.9. The molecule has 0 spiro atoms. The molecule has 0 radical (unpaired) electrons. The molecule has 0 saturated carbocycles. The van der Waals surface area contributed by atoms with Crippen LogP contribution in [0.5, 0.6) is 0 Å². The summed E-state index contributed by atoms with van der Waals surface area (Å²) >= 11 is 2.07. The second kappa shape index (κ2) is 11.5. The van der Waals surface area contributed by atoms with Gasteiger partial charge in [0.15, 0.2) is 5.96 Å². The quantitative estimate of drug-likeness (QED) is 0.484. The first-order chi connectivity index (χ1) is 15.3. The fourth-order valence-electron chi connectivity index (χ4n) is 4.67. The standard InChI is InChI=1S/C23H37N5O2S/c1-24-22(26-18-23(6-15-31-19-23)28-9-13-30-14-10-28)25-16-20-4-2-3-5-21(20)17-27-7-11-29-12-8-27/h2-5H,6-19H2,1H3,(H2,24,25,26). The zero-order chi connectivity index (χ0) is 21.4. The Hall–Kier alpha value is -1.32. The van der Waals surface area contributed by atoms with Gasteiger partial charge in [0, 0.05) is 64.2 Å². The Kier molecular flexibility index (Phi) is 8.49. The zero-order valence-electron chi connectivity index (χ0n) is 18.8. The Morgan fingerprint density at radius 2 is 1.74 bits per heavy atom. The van der Waals surface area contributed by atoms with Crippen LogP contribution >= 0.6 is 11.8 Å². The van der Waals surface area contributed by atoms with Crippen LogP contribution in [-0.2, 0) is 22.6 Å². The number of thioether (sulfide) groups is 1. The fourth-order valence-corrected chi connectivity index (χ4v) is 6.14. The molecule has 3 heterocycles. The Morgan fingerprint density at radius 3 is 2.42 bits per heavy atom. The third-order valence-electron chi connectivity index (χ3n) is 6.64. The summed E-state index contributed by atoms with van der Waals surface area (Å²) in [4.78, 5) is 9.61. The van der Waals surface area contributed by atoms with Crippen LogP contribution in [0.4, 0.5) is 0 Å². The van der Waals surface area contributed by atoms with Crippen molar-refractivity contribution in [2.24, 2.45) is 4.99 Å². The molecule has 1 atom stereocenters. The lowest BCUT2D eigenvalue weighted by atomic mass is 9.95. The van der Waals surface area contributed by atoms with Crippen molar-refractivity contribution >= 4 is 17.7 Å². The zero-order valence-corrected chi connectivity index (χ0v) is 19.6. The van der Waals surface area contributed by atoms with E-state index in [0.29, 0.717) is 0 Å². The van der Waals surface area contributed by atoms with Gasteiger partial charge < -0.3 is 20.1 Å². The van der Waals surface area contributed by atoms with E-state index in [9.17, 15) is 0 Å². The van der Waals surface area contributed by atoms with E-state index in [0.717, 1.165) is 78.2 Å². The molecule has 7 nitrogen and oxygen atoms in total. The third kappa shape index (κ3) is 6.14. The summed E-state index contributed by atoms with van der Waals surface area (Å²) in [5.74, 6) is 3.30. The third-order valence-corrected chi connectivity index (χ3v) is 7.87. The van der Waals surface area contributed by atoms with Gasteiger partial charge in [-0.1, -0.05) is 24.3 Å². The average Bonchev–Trinajstić information content (AvgIpc) is 3.32. The number of aliphatic imine (C=N–C) groups is 1. The van der Waals surface area contributed by atoms with E-state index in [-0.39, 0.29) is 5.54 Å². The number of benzene rings is 1. The Labute approximate surface area is 190 Å². The Balaban J connectivity index is 1.32. The largest absolute Gasteiger partial charge is 0.379 e. The lowest BCUT2D eigenvalue weighted by molar-refractivity contribution is -0.0120. The first-order valence-electron chi connectivity index (χ1n) is 11.5. The highest BCUT2D eigenvalue weighted by molar-refractivity contribution is 7.99. The Bertz CT molecular complexity index is 714. The molecule has 1 unspecified atom stereocenters. The molecule has 3 aliphatic rings. The van der Waals surface area contributed by atoms with Crippen molar-refractivity contribution < 1.29 is 9.47 Å². The molecule has 0 aliphatic carbocycles. The van der Waals surface area contributed by atoms with Gasteiger partial charge in [0.1, 0.15) is 0 Å². The SMILES string of the molecule is CN=C(NCc1ccccc1CN1CCOCC1)NCC1(N2CCOCC2)CCSC1. The summed E-state index contributed by atoms with van der Waals surface area (Å²) in [5, 5.41) is 7.19. The van der Waals surface area contributed by atoms with E-state index in [2.05, 4.69) is 61.5 Å². The van der Waals surface area contributed by atoms with E-state index in [1.807, 2.05) is 7.05 Å². The maximum Gasteiger partial charge on any atom is 0.191 e. The number of rotatable bonds is 7. The van der Waals surface area contributed by atoms with Gasteiger partial charge in [-0.3, -0.25) is 14.8 Å². The van der Waals surface area contributed by atoms with Crippen molar-refractivity contribution in [3.63, 3.8) is 0 Å². The van der Waals surface area contributed by atoms with Crippen LogP contribution in [0, 0.1) is 0 Å². The molecule has 3 fully saturated rings. The van der Waals surface area contributed by atoms with Crippen molar-refractivity contribution in [2.75, 3.05) is 77.7 Å². The molecule has 31 heavy (non-hydrogen) atoms. The second-order valence-corrected chi connectivity index (χ2v) is 9.67. The molecule has 3 saturated heterocycles. The second-order valence-electron chi connectivity index (χ2n) is 8.56. The highest BCUT2D eigenvalue weighted by atomic mass is 32.2. The summed E-state index contributed by atoms with van der Waals surface area (Å²) in [6.07, 6.45) is 1.23. The minimum Gasteiger partial charge on any atom is -0.379 e. The summed E-state index contributed by atoms with van der Waals surface area (Å²) in [6, 6.07) is 8.72. The molecule has 4 rings (SSSR count). The molecular formula is C23H37N5O2S. The molecule has 1 aromatic rings. The monoisotopic (exact) mass is 447 g/mol. The van der Waals surface area contributed by atoms with Crippen LogP contribution in [-0.4, -0.2) is 99.0 Å². The normalized spacial score (nSPS) is 26.2. The minimum absolute atomic E-state index is 0.209. The molecule has 2 N–H and O–H groups in total. The van der Waals surface area contributed by atoms with Gasteiger partial charge in [-0.2, -0.15) is 11.8 Å². The van der Waals surface area contributed by atoms with Gasteiger partial charge in [-0.15, -0.1) is 0 Å². The van der Waals surface area contributed by atoms with Crippen molar-refractivity contribution in [2.45, 2.75) is 25.0 Å². The van der Waals surface area contributed by atoms with Gasteiger partial charge in [-0.25, -0.2) is 0 Å². The molecular weight excluding hydrogens is 410 g/mol. The maximum absolute atomic E-state index is 5.59. The maximum atomic E-state index is 5.59. The molecule has 172 valence electrons. The van der Waals surface area contributed by atoms with Gasteiger partial charge >= 0.3 is 0 Å². The number of hydrogen-bond donors (Lipinski definition) is 2. The summed E-state index contributed by atoms with van der Waals surface area (Å²) in [6.45, 7) is 10.1. The van der Waals surface area contributed by atoms with Gasteiger partial charge in [0.2, 0.25) is 0 Å². The lowest BCUT2D eigenvalue weighted by Gasteiger charge is -2.43. The van der Waals surface area contributed by atoms with E-state index in [1.165, 1.54) is 29.1 Å². The van der Waals surface area contributed by atoms with E-state index in [1.54, 1.807) is 0 Å². The van der Waals surface area contributed by atoms with Crippen molar-refractivity contribution in [3.05, 3.63) is 35.4 Å². The molecule has 0 amide bonds. The van der Waals surface area contributed by atoms with Crippen molar-refractivity contribution in [1.82, 2.24) is 20.4 Å². The highest BCUT2D eigenvalue weighted by Crippen LogP contribution is 2.33. The van der Waals surface area contributed by atoms with Crippen molar-refractivity contribution in [3.8, 4) is 0 Å². The fraction of sp³-hybridized carbons (Fsp3) is 0.696. The first-order valence-corrected chi connectivity index (χ1v) is 12.7. The van der Waals surface area contributed by atoms with Crippen LogP contribution in [0.15, 0.2) is 29.3 Å². The molecule has 1 aromatic carbocycles. The molecule has 0 bridgehead atoms. The number of hydrogen-bond acceptors (Lipinski definition) is 6. The van der Waals surface area contributed by atoms with Crippen molar-refractivity contribution in [1.29, 1.82) is 0 Å². The highest BCUT2D eigenvalue weighted by Gasteiger charge is 2.40. The van der Waals surface area contributed by atoms with E-state index in [4.69, 9.17) is 9.47 Å². The topological polar surface area (TPSA) is 61.4 Å². The van der Waals surface area contributed by atoms with Crippen LogP contribution in [0.3, 0.4) is 0 Å². The van der Waals surface area contributed by atoms with Gasteiger partial charge in [0.05, 0.1) is 26.4 Å². The van der Waals surface area contributed by atoms with Crippen LogP contribution in [0.2, 0.25) is 0 Å². The molecule has 3 aliphatic heterocycles. The van der Waals surface area contributed by atoms with E-state index >= 15 is 0 Å². The number of morpholine rings is 2. The average molecular weight is 448 g/mol. The van der Waals surface area contributed by atoms with E-state index < -0.39 is 0 Å². The Morgan fingerprint density at radius 1 is 1.03 bits per heavy atom. The predicted octanol–water partition coefficient (Wildman–Crippen LogP) is 1.39. The predicted molar refractivity (Wildman–Crippen MR) is 128 cm³/mol. The van der Waals surface area contributed by atoms with Gasteiger partial charge in [0.25, 0.3) is 0 Å².